The fourth-order valence-electron chi connectivity index (χ4n) is 2.75. The van der Waals surface area contributed by atoms with Gasteiger partial charge in [-0.05, 0) is 24.3 Å². The number of halogens is 1. The largest absolute Gasteiger partial charge is 0.423 e. The van der Waals surface area contributed by atoms with Crippen LogP contribution in [-0.4, -0.2) is 36.1 Å². The van der Waals surface area contributed by atoms with Crippen LogP contribution in [0.4, 0.5) is 6.01 Å². The van der Waals surface area contributed by atoms with Crippen LogP contribution < -0.4 is 4.90 Å². The Morgan fingerprint density at radius 1 is 1.09 bits per heavy atom. The normalized spacial score (nSPS) is 16.5. The number of benzene rings is 1. The summed E-state index contributed by atoms with van der Waals surface area (Å²) in [6.07, 6.45) is 0. The first-order valence-corrected chi connectivity index (χ1v) is 8.54. The molecule has 0 bridgehead atoms. The van der Waals surface area contributed by atoms with Crippen molar-refractivity contribution in [2.24, 2.45) is 0 Å². The Morgan fingerprint density at radius 3 is 2.64 bits per heavy atom. The molecule has 0 unspecified atom stereocenters. The Labute approximate surface area is 137 Å². The summed E-state index contributed by atoms with van der Waals surface area (Å²) in [6, 6.07) is 12.7. The van der Waals surface area contributed by atoms with Gasteiger partial charge in [-0.15, -0.1) is 11.3 Å². The maximum absolute atomic E-state index is 5.99. The highest BCUT2D eigenvalue weighted by Crippen LogP contribution is 2.25. The minimum atomic E-state index is 0.736. The van der Waals surface area contributed by atoms with Crippen LogP contribution in [0.25, 0.3) is 11.1 Å². The van der Waals surface area contributed by atoms with Gasteiger partial charge in [-0.25, -0.2) is 0 Å². The lowest BCUT2D eigenvalue weighted by molar-refractivity contribution is 0.247. The third kappa shape index (κ3) is 2.84. The number of fused-ring (bicyclic) bond motifs is 1. The summed E-state index contributed by atoms with van der Waals surface area (Å²) < 4.78 is 6.71. The van der Waals surface area contributed by atoms with Crippen LogP contribution in [-0.2, 0) is 6.54 Å². The summed E-state index contributed by atoms with van der Waals surface area (Å²) in [7, 11) is 0. The SMILES string of the molecule is Clc1ccc(CN2CCN(c3nc4ccccc4o3)CC2)s1. The maximum Gasteiger partial charge on any atom is 0.298 e. The molecular formula is C16H16ClN3OS. The Kier molecular flexibility index (Phi) is 3.78. The number of thiophene rings is 1. The molecule has 0 atom stereocenters. The van der Waals surface area contributed by atoms with E-state index in [0.29, 0.717) is 0 Å². The van der Waals surface area contributed by atoms with Crippen LogP contribution in [0.5, 0.6) is 0 Å². The first-order chi connectivity index (χ1) is 10.8. The molecule has 6 heteroatoms. The Hall–Kier alpha value is -1.56. The van der Waals surface area contributed by atoms with Crippen LogP contribution in [0.15, 0.2) is 40.8 Å². The van der Waals surface area contributed by atoms with Crippen molar-refractivity contribution >= 4 is 40.1 Å². The van der Waals surface area contributed by atoms with Crippen molar-refractivity contribution in [2.45, 2.75) is 6.54 Å². The minimum absolute atomic E-state index is 0.736. The molecule has 1 aliphatic heterocycles. The molecule has 1 aromatic carbocycles. The van der Waals surface area contributed by atoms with Gasteiger partial charge in [0.1, 0.15) is 5.52 Å². The quantitative estimate of drug-likeness (QED) is 0.728. The van der Waals surface area contributed by atoms with Crippen molar-refractivity contribution in [2.75, 3.05) is 31.1 Å². The molecule has 0 saturated carbocycles. The molecule has 2 aromatic heterocycles. The van der Waals surface area contributed by atoms with E-state index in [9.17, 15) is 0 Å². The van der Waals surface area contributed by atoms with E-state index in [-0.39, 0.29) is 0 Å². The predicted octanol–water partition coefficient (Wildman–Crippen LogP) is 3.86. The lowest BCUT2D eigenvalue weighted by atomic mass is 10.3. The topological polar surface area (TPSA) is 32.5 Å². The number of hydrogen-bond donors (Lipinski definition) is 0. The molecule has 4 nitrogen and oxygen atoms in total. The number of anilines is 1. The molecule has 0 amide bonds. The van der Waals surface area contributed by atoms with Crippen molar-refractivity contribution < 1.29 is 4.42 Å². The van der Waals surface area contributed by atoms with E-state index >= 15 is 0 Å². The van der Waals surface area contributed by atoms with E-state index < -0.39 is 0 Å². The molecule has 3 heterocycles. The first kappa shape index (κ1) is 14.1. The lowest BCUT2D eigenvalue weighted by Crippen LogP contribution is -2.46. The summed E-state index contributed by atoms with van der Waals surface area (Å²) in [6.45, 7) is 4.86. The average molecular weight is 334 g/mol. The summed E-state index contributed by atoms with van der Waals surface area (Å²) in [5.74, 6) is 0. The fourth-order valence-corrected chi connectivity index (χ4v) is 3.88. The molecular weight excluding hydrogens is 318 g/mol. The van der Waals surface area contributed by atoms with Gasteiger partial charge >= 0.3 is 0 Å². The lowest BCUT2D eigenvalue weighted by Gasteiger charge is -2.33. The van der Waals surface area contributed by atoms with Gasteiger partial charge in [-0.1, -0.05) is 23.7 Å². The second-order valence-corrected chi connectivity index (χ2v) is 7.23. The average Bonchev–Trinajstić information content (AvgIpc) is 3.14. The van der Waals surface area contributed by atoms with Crippen molar-refractivity contribution in [3.05, 3.63) is 45.6 Å². The second-order valence-electron chi connectivity index (χ2n) is 5.43. The van der Waals surface area contributed by atoms with E-state index in [1.165, 1.54) is 4.88 Å². The number of hydrogen-bond acceptors (Lipinski definition) is 5. The molecule has 0 N–H and O–H groups in total. The zero-order chi connectivity index (χ0) is 14.9. The molecule has 0 radical (unpaired) electrons. The fraction of sp³-hybridized carbons (Fsp3) is 0.312. The highest BCUT2D eigenvalue weighted by molar-refractivity contribution is 7.16. The van der Waals surface area contributed by atoms with Crippen molar-refractivity contribution in [1.29, 1.82) is 0 Å². The molecule has 3 aromatic rings. The third-order valence-corrected chi connectivity index (χ3v) is 5.15. The van der Waals surface area contributed by atoms with Crippen LogP contribution in [0.1, 0.15) is 4.88 Å². The van der Waals surface area contributed by atoms with E-state index in [1.807, 2.05) is 30.3 Å². The van der Waals surface area contributed by atoms with Crippen LogP contribution in [0.2, 0.25) is 4.34 Å². The van der Waals surface area contributed by atoms with E-state index in [0.717, 1.165) is 54.2 Å². The van der Waals surface area contributed by atoms with Crippen LogP contribution in [0, 0.1) is 0 Å². The number of aromatic nitrogens is 1. The van der Waals surface area contributed by atoms with Crippen molar-refractivity contribution in [1.82, 2.24) is 9.88 Å². The predicted molar refractivity (Wildman–Crippen MR) is 90.8 cm³/mol. The molecule has 1 saturated heterocycles. The third-order valence-electron chi connectivity index (χ3n) is 3.93. The minimum Gasteiger partial charge on any atom is -0.423 e. The zero-order valence-electron chi connectivity index (χ0n) is 12.0. The summed E-state index contributed by atoms with van der Waals surface area (Å²) in [5.41, 5.74) is 1.78. The standard InChI is InChI=1S/C16H16ClN3OS/c17-15-6-5-12(22-15)11-19-7-9-20(10-8-19)16-18-13-3-1-2-4-14(13)21-16/h1-6H,7-11H2. The number of piperazine rings is 1. The van der Waals surface area contributed by atoms with Gasteiger partial charge in [0.15, 0.2) is 5.58 Å². The number of para-hydroxylation sites is 2. The van der Waals surface area contributed by atoms with E-state index in [1.54, 1.807) is 11.3 Å². The zero-order valence-corrected chi connectivity index (χ0v) is 13.6. The maximum atomic E-state index is 5.99. The monoisotopic (exact) mass is 333 g/mol. The highest BCUT2D eigenvalue weighted by Gasteiger charge is 2.21. The summed E-state index contributed by atoms with van der Waals surface area (Å²) in [4.78, 5) is 10.6. The number of oxazole rings is 1. The highest BCUT2D eigenvalue weighted by atomic mass is 35.5. The van der Waals surface area contributed by atoms with Gasteiger partial charge < -0.3 is 9.32 Å². The van der Waals surface area contributed by atoms with Crippen molar-refractivity contribution in [3.8, 4) is 0 Å². The Morgan fingerprint density at radius 2 is 1.91 bits per heavy atom. The molecule has 1 aliphatic rings. The Balaban J connectivity index is 1.40. The van der Waals surface area contributed by atoms with Gasteiger partial charge in [0.25, 0.3) is 6.01 Å². The smallest absolute Gasteiger partial charge is 0.298 e. The van der Waals surface area contributed by atoms with Crippen molar-refractivity contribution in [3.63, 3.8) is 0 Å². The molecule has 0 aliphatic carbocycles. The van der Waals surface area contributed by atoms with Gasteiger partial charge in [0.2, 0.25) is 0 Å². The van der Waals surface area contributed by atoms with E-state index in [2.05, 4.69) is 20.9 Å². The Bertz CT molecular complexity index is 743. The van der Waals surface area contributed by atoms with Crippen LogP contribution in [0.3, 0.4) is 0 Å². The molecule has 22 heavy (non-hydrogen) atoms. The van der Waals surface area contributed by atoms with E-state index in [4.69, 9.17) is 16.0 Å². The van der Waals surface area contributed by atoms with Gasteiger partial charge in [-0.3, -0.25) is 4.90 Å². The summed E-state index contributed by atoms with van der Waals surface area (Å²) >= 11 is 7.65. The van der Waals surface area contributed by atoms with Gasteiger partial charge in [0.05, 0.1) is 4.34 Å². The second kappa shape index (κ2) is 5.91. The van der Waals surface area contributed by atoms with Gasteiger partial charge in [0, 0.05) is 37.6 Å². The molecule has 114 valence electrons. The molecule has 0 spiro atoms. The number of rotatable bonds is 3. The van der Waals surface area contributed by atoms with Gasteiger partial charge in [-0.2, -0.15) is 4.98 Å². The van der Waals surface area contributed by atoms with Crippen LogP contribution >= 0.6 is 22.9 Å². The number of nitrogens with zero attached hydrogens (tertiary/aromatic N) is 3. The summed E-state index contributed by atoms with van der Waals surface area (Å²) in [5, 5.41) is 0. The first-order valence-electron chi connectivity index (χ1n) is 7.35. The molecule has 1 fully saturated rings. The molecule has 4 rings (SSSR count).